The van der Waals surface area contributed by atoms with Gasteiger partial charge in [-0.15, -0.1) is 0 Å². The zero-order valence-electron chi connectivity index (χ0n) is 16.9. The molecular weight excluding hydrogens is 356 g/mol. The standard InChI is InChI=1S/C7H12O4.2C6H10O2/c1-7(2,3-5(8)9)4-6(10)11;2*1-3-4-5(2)6(7)8/h3-4H2,1-2H3,(H,8,9)(H,10,11);2*4H,3H2,1-2H3,(H,7,8). The van der Waals surface area contributed by atoms with Gasteiger partial charge >= 0.3 is 23.9 Å². The number of hydrogen-bond donors (Lipinski definition) is 4. The van der Waals surface area contributed by atoms with Crippen LogP contribution in [0.1, 0.15) is 67.2 Å². The van der Waals surface area contributed by atoms with Crippen molar-refractivity contribution in [2.45, 2.75) is 67.2 Å². The van der Waals surface area contributed by atoms with Crippen molar-refractivity contribution in [3.8, 4) is 0 Å². The summed E-state index contributed by atoms with van der Waals surface area (Å²) in [6.07, 6.45) is 4.72. The van der Waals surface area contributed by atoms with E-state index < -0.39 is 29.3 Å². The van der Waals surface area contributed by atoms with Crippen LogP contribution in [0.3, 0.4) is 0 Å². The van der Waals surface area contributed by atoms with E-state index in [2.05, 4.69) is 0 Å². The lowest BCUT2D eigenvalue weighted by molar-refractivity contribution is -0.143. The Morgan fingerprint density at radius 1 is 0.704 bits per heavy atom. The molecular formula is C19H32O8. The van der Waals surface area contributed by atoms with Crippen molar-refractivity contribution in [1.29, 1.82) is 0 Å². The van der Waals surface area contributed by atoms with E-state index in [1.165, 1.54) is 0 Å². The second kappa shape index (κ2) is 15.6. The van der Waals surface area contributed by atoms with E-state index in [9.17, 15) is 19.2 Å². The van der Waals surface area contributed by atoms with E-state index in [1.807, 2.05) is 13.8 Å². The molecule has 0 heterocycles. The number of allylic oxidation sites excluding steroid dienone is 2. The summed E-state index contributed by atoms with van der Waals surface area (Å²) in [7, 11) is 0. The third-order valence-electron chi connectivity index (χ3n) is 2.95. The van der Waals surface area contributed by atoms with Crippen LogP contribution >= 0.6 is 0 Å². The van der Waals surface area contributed by atoms with E-state index in [1.54, 1.807) is 39.8 Å². The van der Waals surface area contributed by atoms with E-state index in [0.717, 1.165) is 12.8 Å². The molecule has 0 saturated carbocycles. The third kappa shape index (κ3) is 23.4. The molecule has 27 heavy (non-hydrogen) atoms. The van der Waals surface area contributed by atoms with E-state index in [0.29, 0.717) is 11.1 Å². The van der Waals surface area contributed by atoms with Crippen molar-refractivity contribution in [2.75, 3.05) is 0 Å². The number of carboxylic acid groups (broad SMARTS) is 4. The molecule has 0 aromatic rings. The Labute approximate surface area is 160 Å². The lowest BCUT2D eigenvalue weighted by Gasteiger charge is -2.18. The van der Waals surface area contributed by atoms with Crippen molar-refractivity contribution in [1.82, 2.24) is 0 Å². The van der Waals surface area contributed by atoms with Crippen molar-refractivity contribution >= 4 is 23.9 Å². The maximum atomic E-state index is 10.2. The first-order chi connectivity index (χ1) is 12.2. The number of carboxylic acids is 4. The Balaban J connectivity index is -0.000000327. The molecule has 0 aliphatic rings. The minimum Gasteiger partial charge on any atom is -0.481 e. The molecule has 0 aliphatic heterocycles. The van der Waals surface area contributed by atoms with E-state index in [4.69, 9.17) is 20.4 Å². The quantitative estimate of drug-likeness (QED) is 0.458. The van der Waals surface area contributed by atoms with Gasteiger partial charge in [-0.25, -0.2) is 9.59 Å². The Morgan fingerprint density at radius 3 is 1.07 bits per heavy atom. The molecule has 0 radical (unpaired) electrons. The normalized spacial score (nSPS) is 11.3. The average Bonchev–Trinajstić information content (AvgIpc) is 2.45. The highest BCUT2D eigenvalue weighted by Crippen LogP contribution is 2.24. The summed E-state index contributed by atoms with van der Waals surface area (Å²) >= 11 is 0. The molecule has 0 rings (SSSR count). The number of carbonyl (C=O) groups is 4. The Bertz CT molecular complexity index is 508. The molecule has 0 aliphatic carbocycles. The first-order valence-corrected chi connectivity index (χ1v) is 8.43. The number of aliphatic carboxylic acids is 4. The molecule has 8 nitrogen and oxygen atoms in total. The fraction of sp³-hybridized carbons (Fsp3) is 0.579. The van der Waals surface area contributed by atoms with Gasteiger partial charge in [0.15, 0.2) is 0 Å². The lowest BCUT2D eigenvalue weighted by atomic mass is 9.86. The summed E-state index contributed by atoms with van der Waals surface area (Å²) in [4.78, 5) is 40.4. The highest BCUT2D eigenvalue weighted by Gasteiger charge is 2.24. The molecule has 0 fully saturated rings. The first-order valence-electron chi connectivity index (χ1n) is 8.43. The van der Waals surface area contributed by atoms with Crippen LogP contribution in [0.5, 0.6) is 0 Å². The van der Waals surface area contributed by atoms with Gasteiger partial charge in [-0.1, -0.05) is 39.8 Å². The predicted octanol–water partition coefficient (Wildman–Crippen LogP) is 3.82. The van der Waals surface area contributed by atoms with Crippen LogP contribution in [0.15, 0.2) is 23.3 Å². The van der Waals surface area contributed by atoms with Gasteiger partial charge in [0.25, 0.3) is 0 Å². The van der Waals surface area contributed by atoms with Gasteiger partial charge in [0.2, 0.25) is 0 Å². The third-order valence-corrected chi connectivity index (χ3v) is 2.95. The largest absolute Gasteiger partial charge is 0.481 e. The number of hydrogen-bond acceptors (Lipinski definition) is 4. The molecule has 0 aromatic heterocycles. The predicted molar refractivity (Wildman–Crippen MR) is 102 cm³/mol. The van der Waals surface area contributed by atoms with Crippen LogP contribution in [0.4, 0.5) is 0 Å². The molecule has 0 aromatic carbocycles. The lowest BCUT2D eigenvalue weighted by Crippen LogP contribution is -2.20. The first kappa shape index (κ1) is 29.1. The van der Waals surface area contributed by atoms with Crippen LogP contribution in [0.2, 0.25) is 0 Å². The summed E-state index contributed by atoms with van der Waals surface area (Å²) in [6, 6.07) is 0. The molecule has 0 atom stereocenters. The molecule has 0 unspecified atom stereocenters. The molecule has 156 valence electrons. The smallest absolute Gasteiger partial charge is 0.330 e. The topological polar surface area (TPSA) is 149 Å². The van der Waals surface area contributed by atoms with Gasteiger partial charge in [-0.2, -0.15) is 0 Å². The molecule has 0 saturated heterocycles. The Kier molecular flexibility index (Phi) is 16.8. The zero-order chi connectivity index (χ0) is 22.2. The van der Waals surface area contributed by atoms with Crippen molar-refractivity contribution < 1.29 is 39.6 Å². The van der Waals surface area contributed by atoms with Crippen molar-refractivity contribution in [3.05, 3.63) is 23.3 Å². The van der Waals surface area contributed by atoms with Crippen LogP contribution in [-0.4, -0.2) is 44.3 Å². The fourth-order valence-corrected chi connectivity index (χ4v) is 1.67. The maximum absolute atomic E-state index is 10.2. The van der Waals surface area contributed by atoms with Gasteiger partial charge < -0.3 is 20.4 Å². The van der Waals surface area contributed by atoms with Crippen LogP contribution in [-0.2, 0) is 19.2 Å². The van der Waals surface area contributed by atoms with E-state index in [-0.39, 0.29) is 12.8 Å². The summed E-state index contributed by atoms with van der Waals surface area (Å²) in [5.74, 6) is -3.58. The van der Waals surface area contributed by atoms with Gasteiger partial charge in [0.1, 0.15) is 0 Å². The SMILES string of the molecule is CC(C)(CC(=O)O)CC(=O)O.CCC=C(C)C(=O)O.CCC=C(C)C(=O)O. The van der Waals surface area contributed by atoms with Crippen LogP contribution in [0, 0.1) is 5.41 Å². The van der Waals surface area contributed by atoms with Gasteiger partial charge in [-0.3, -0.25) is 9.59 Å². The summed E-state index contributed by atoms with van der Waals surface area (Å²) in [6.45, 7) is 10.2. The van der Waals surface area contributed by atoms with Gasteiger partial charge in [0, 0.05) is 11.1 Å². The number of rotatable bonds is 8. The van der Waals surface area contributed by atoms with Crippen LogP contribution in [0.25, 0.3) is 0 Å². The Morgan fingerprint density at radius 2 is 0.963 bits per heavy atom. The van der Waals surface area contributed by atoms with Gasteiger partial charge in [0.05, 0.1) is 12.8 Å². The molecule has 4 N–H and O–H groups in total. The zero-order valence-corrected chi connectivity index (χ0v) is 16.9. The second-order valence-electron chi connectivity index (χ2n) is 6.51. The van der Waals surface area contributed by atoms with Crippen LogP contribution < -0.4 is 0 Å². The molecule has 8 heteroatoms. The molecule has 0 bridgehead atoms. The fourth-order valence-electron chi connectivity index (χ4n) is 1.67. The summed E-state index contributed by atoms with van der Waals surface area (Å²) in [5.41, 5.74) is 0.192. The second-order valence-corrected chi connectivity index (χ2v) is 6.51. The monoisotopic (exact) mass is 388 g/mol. The highest BCUT2D eigenvalue weighted by molar-refractivity contribution is 5.86. The average molecular weight is 388 g/mol. The molecule has 0 spiro atoms. The van der Waals surface area contributed by atoms with Crippen molar-refractivity contribution in [3.63, 3.8) is 0 Å². The molecule has 0 amide bonds. The highest BCUT2D eigenvalue weighted by atomic mass is 16.4. The summed E-state index contributed by atoms with van der Waals surface area (Å²) in [5, 5.41) is 33.2. The minimum atomic E-state index is -0.962. The minimum absolute atomic E-state index is 0.112. The summed E-state index contributed by atoms with van der Waals surface area (Å²) < 4.78 is 0. The van der Waals surface area contributed by atoms with Gasteiger partial charge in [-0.05, 0) is 32.1 Å². The van der Waals surface area contributed by atoms with E-state index >= 15 is 0 Å². The van der Waals surface area contributed by atoms with Crippen molar-refractivity contribution in [2.24, 2.45) is 5.41 Å². The maximum Gasteiger partial charge on any atom is 0.330 e. The Hall–Kier alpha value is -2.64.